The van der Waals surface area contributed by atoms with Crippen molar-refractivity contribution in [3.05, 3.63) is 59.7 Å². The molecule has 0 radical (unpaired) electrons. The summed E-state index contributed by atoms with van der Waals surface area (Å²) >= 11 is 0. The smallest absolute Gasteiger partial charge is 0.257 e. The van der Waals surface area contributed by atoms with Gasteiger partial charge in [0.05, 0.1) is 11.3 Å². The monoisotopic (exact) mass is 390 g/mol. The van der Waals surface area contributed by atoms with E-state index in [4.69, 9.17) is 0 Å². The first-order valence-electron chi connectivity index (χ1n) is 10.4. The van der Waals surface area contributed by atoms with Crippen LogP contribution in [0.1, 0.15) is 33.6 Å². The van der Waals surface area contributed by atoms with Crippen LogP contribution in [0, 0.1) is 0 Å². The molecule has 6 heteroatoms. The van der Waals surface area contributed by atoms with E-state index in [1.165, 1.54) is 5.69 Å². The Labute approximate surface area is 171 Å². The fraction of sp³-hybridized carbons (Fsp3) is 0.391. The summed E-state index contributed by atoms with van der Waals surface area (Å²) < 4.78 is 0. The van der Waals surface area contributed by atoms with E-state index in [2.05, 4.69) is 21.9 Å². The fourth-order valence-corrected chi connectivity index (χ4v) is 4.83. The molecule has 5 rings (SSSR count). The highest BCUT2D eigenvalue weighted by Gasteiger charge is 2.39. The molecule has 0 spiro atoms. The number of rotatable bonds is 2. The molecule has 1 atom stereocenters. The average molecular weight is 390 g/mol. The maximum Gasteiger partial charge on any atom is 0.257 e. The summed E-state index contributed by atoms with van der Waals surface area (Å²) in [7, 11) is 2.03. The van der Waals surface area contributed by atoms with Gasteiger partial charge in [0.15, 0.2) is 0 Å². The number of carbonyl (C=O) groups excluding carboxylic acids is 2. The van der Waals surface area contributed by atoms with Crippen molar-refractivity contribution in [3.63, 3.8) is 0 Å². The molecule has 2 amide bonds. The molecule has 3 aliphatic rings. The van der Waals surface area contributed by atoms with Crippen molar-refractivity contribution in [3.8, 4) is 0 Å². The Balaban J connectivity index is 1.33. The van der Waals surface area contributed by atoms with Gasteiger partial charge in [-0.05, 0) is 43.2 Å². The van der Waals surface area contributed by atoms with Gasteiger partial charge < -0.3 is 19.6 Å². The lowest BCUT2D eigenvalue weighted by Crippen LogP contribution is -2.50. The number of fused-ring (bicyclic) bond motifs is 2. The number of hydrogen-bond donors (Lipinski definition) is 0. The summed E-state index contributed by atoms with van der Waals surface area (Å²) in [6, 6.07) is 15.9. The van der Waals surface area contributed by atoms with Crippen LogP contribution < -0.4 is 9.80 Å². The van der Waals surface area contributed by atoms with Crippen molar-refractivity contribution < 1.29 is 9.59 Å². The largest absolute Gasteiger partial charge is 0.368 e. The molecular weight excluding hydrogens is 364 g/mol. The first kappa shape index (κ1) is 18.0. The predicted molar refractivity (Wildman–Crippen MR) is 113 cm³/mol. The topological polar surface area (TPSA) is 47.1 Å². The molecule has 0 saturated carbocycles. The van der Waals surface area contributed by atoms with E-state index in [-0.39, 0.29) is 18.0 Å². The predicted octanol–water partition coefficient (Wildman–Crippen LogP) is 2.66. The Morgan fingerprint density at radius 1 is 0.966 bits per heavy atom. The van der Waals surface area contributed by atoms with Gasteiger partial charge in [-0.2, -0.15) is 0 Å². The van der Waals surface area contributed by atoms with E-state index in [0.29, 0.717) is 24.2 Å². The lowest BCUT2D eigenvalue weighted by Gasteiger charge is -2.40. The van der Waals surface area contributed by atoms with E-state index in [1.54, 1.807) is 0 Å². The first-order chi connectivity index (χ1) is 14.1. The minimum atomic E-state index is 0.0511. The van der Waals surface area contributed by atoms with Gasteiger partial charge in [-0.15, -0.1) is 0 Å². The zero-order valence-corrected chi connectivity index (χ0v) is 16.8. The van der Waals surface area contributed by atoms with Crippen LogP contribution in [-0.2, 0) is 0 Å². The van der Waals surface area contributed by atoms with Crippen LogP contribution in [0.3, 0.4) is 0 Å². The highest BCUT2D eigenvalue weighted by Crippen LogP contribution is 2.35. The van der Waals surface area contributed by atoms with Crippen LogP contribution in [0.15, 0.2) is 48.5 Å². The van der Waals surface area contributed by atoms with Crippen LogP contribution in [0.25, 0.3) is 0 Å². The first-order valence-corrected chi connectivity index (χ1v) is 10.4. The third-order valence-electron chi connectivity index (χ3n) is 6.47. The summed E-state index contributed by atoms with van der Waals surface area (Å²) in [4.78, 5) is 34.3. The van der Waals surface area contributed by atoms with Gasteiger partial charge in [0.2, 0.25) is 0 Å². The van der Waals surface area contributed by atoms with Gasteiger partial charge >= 0.3 is 0 Å². The van der Waals surface area contributed by atoms with Crippen molar-refractivity contribution in [1.82, 2.24) is 9.80 Å². The average Bonchev–Trinajstić information content (AvgIpc) is 3.28. The molecule has 0 N–H and O–H groups in total. The molecule has 150 valence electrons. The number of benzene rings is 2. The van der Waals surface area contributed by atoms with E-state index in [1.807, 2.05) is 53.2 Å². The normalized spacial score (nSPS) is 21.3. The fourth-order valence-electron chi connectivity index (χ4n) is 4.83. The Kier molecular flexibility index (Phi) is 4.42. The molecule has 3 heterocycles. The van der Waals surface area contributed by atoms with Crippen molar-refractivity contribution in [2.45, 2.75) is 19.0 Å². The van der Waals surface area contributed by atoms with Crippen LogP contribution in [0.5, 0.6) is 0 Å². The molecule has 2 aromatic carbocycles. The second-order valence-corrected chi connectivity index (χ2v) is 8.08. The molecule has 6 nitrogen and oxygen atoms in total. The highest BCUT2D eigenvalue weighted by atomic mass is 16.2. The molecular formula is C23H26N4O2. The summed E-state index contributed by atoms with van der Waals surface area (Å²) in [6.45, 7) is 3.89. The minimum absolute atomic E-state index is 0.0511. The number of nitrogens with zero attached hydrogens (tertiary/aromatic N) is 4. The number of carbonyl (C=O) groups is 2. The standard InChI is InChI=1S/C23H26N4O2/c1-24-20-16-17(9-10-19(20)23(29)27-11-5-8-21(24)27)22(28)26-14-12-25(13-15-26)18-6-3-2-4-7-18/h2-4,6-7,9-10,16,21H,5,8,11-15H2,1H3/t21-/m1/s1. The van der Waals surface area contributed by atoms with Crippen LogP contribution in [0.2, 0.25) is 0 Å². The highest BCUT2D eigenvalue weighted by molar-refractivity contribution is 6.04. The van der Waals surface area contributed by atoms with Gasteiger partial charge in [0.1, 0.15) is 6.17 Å². The van der Waals surface area contributed by atoms with Crippen LogP contribution >= 0.6 is 0 Å². The second kappa shape index (κ2) is 7.10. The molecule has 0 bridgehead atoms. The third-order valence-corrected chi connectivity index (χ3v) is 6.47. The van der Waals surface area contributed by atoms with Gasteiger partial charge in [-0.1, -0.05) is 18.2 Å². The maximum absolute atomic E-state index is 13.1. The quantitative estimate of drug-likeness (QED) is 0.791. The van der Waals surface area contributed by atoms with Crippen molar-refractivity contribution in [2.75, 3.05) is 49.6 Å². The number of para-hydroxylation sites is 1. The lowest BCUT2D eigenvalue weighted by atomic mass is 10.0. The number of piperazine rings is 1. The molecule has 2 fully saturated rings. The summed E-state index contributed by atoms with van der Waals surface area (Å²) in [5.74, 6) is 0.145. The molecule has 29 heavy (non-hydrogen) atoms. The molecule has 0 unspecified atom stereocenters. The van der Waals surface area contributed by atoms with Crippen LogP contribution in [-0.4, -0.2) is 67.6 Å². The third kappa shape index (κ3) is 3.03. The maximum atomic E-state index is 13.1. The number of anilines is 2. The SMILES string of the molecule is CN1c2cc(C(=O)N3CCN(c4ccccc4)CC3)ccc2C(=O)N2CCC[C@@H]21. The van der Waals surface area contributed by atoms with E-state index in [0.717, 1.165) is 38.2 Å². The Bertz CT molecular complexity index is 937. The zero-order valence-electron chi connectivity index (χ0n) is 16.8. The molecule has 3 aliphatic heterocycles. The van der Waals surface area contributed by atoms with E-state index in [9.17, 15) is 9.59 Å². The van der Waals surface area contributed by atoms with Gasteiger partial charge in [-0.25, -0.2) is 0 Å². The van der Waals surface area contributed by atoms with Crippen molar-refractivity contribution in [1.29, 1.82) is 0 Å². The van der Waals surface area contributed by atoms with E-state index < -0.39 is 0 Å². The number of amides is 2. The Morgan fingerprint density at radius 2 is 1.72 bits per heavy atom. The van der Waals surface area contributed by atoms with E-state index >= 15 is 0 Å². The minimum Gasteiger partial charge on any atom is -0.368 e. The second-order valence-electron chi connectivity index (χ2n) is 8.08. The van der Waals surface area contributed by atoms with Gasteiger partial charge in [0, 0.05) is 51.0 Å². The van der Waals surface area contributed by atoms with Crippen molar-refractivity contribution >= 4 is 23.2 Å². The molecule has 0 aromatic heterocycles. The molecule has 2 saturated heterocycles. The van der Waals surface area contributed by atoms with Crippen molar-refractivity contribution in [2.24, 2.45) is 0 Å². The Morgan fingerprint density at radius 3 is 2.48 bits per heavy atom. The van der Waals surface area contributed by atoms with Crippen LogP contribution in [0.4, 0.5) is 11.4 Å². The number of hydrogen-bond acceptors (Lipinski definition) is 4. The summed E-state index contributed by atoms with van der Waals surface area (Å²) in [5.41, 5.74) is 3.46. The summed E-state index contributed by atoms with van der Waals surface area (Å²) in [6.07, 6.45) is 2.14. The molecule has 2 aromatic rings. The summed E-state index contributed by atoms with van der Waals surface area (Å²) in [5, 5.41) is 0. The lowest BCUT2D eigenvalue weighted by molar-refractivity contribution is 0.0713. The Hall–Kier alpha value is -3.02. The zero-order chi connectivity index (χ0) is 20.0. The molecule has 0 aliphatic carbocycles. The van der Waals surface area contributed by atoms with Gasteiger partial charge in [-0.3, -0.25) is 9.59 Å². The van der Waals surface area contributed by atoms with Gasteiger partial charge in [0.25, 0.3) is 11.8 Å².